The molecule has 0 bridgehead atoms. The van der Waals surface area contributed by atoms with E-state index in [1.54, 1.807) is 18.2 Å². The van der Waals surface area contributed by atoms with Gasteiger partial charge in [-0.15, -0.1) is 5.10 Å². The molecule has 2 aromatic carbocycles. The molecule has 0 radical (unpaired) electrons. The summed E-state index contributed by atoms with van der Waals surface area (Å²) < 4.78 is 1.70. The van der Waals surface area contributed by atoms with Crippen LogP contribution in [0.5, 0.6) is 0 Å². The van der Waals surface area contributed by atoms with Gasteiger partial charge in [0.1, 0.15) is 0 Å². The molecule has 8 heteroatoms. The molecular weight excluding hydrogens is 388 g/mol. The first-order chi connectivity index (χ1) is 13.7. The lowest BCUT2D eigenvalue weighted by Gasteiger charge is -2.18. The normalized spacial score (nSPS) is 12.6. The van der Waals surface area contributed by atoms with Gasteiger partial charge in [0.15, 0.2) is 5.82 Å². The third-order valence-electron chi connectivity index (χ3n) is 4.57. The van der Waals surface area contributed by atoms with Crippen LogP contribution in [0, 0.1) is 10.1 Å². The number of aromatic nitrogens is 3. The van der Waals surface area contributed by atoms with Crippen LogP contribution in [-0.2, 0) is 5.41 Å². The average Bonchev–Trinajstić information content (AvgIpc) is 3.21. The quantitative estimate of drug-likeness (QED) is 0.383. The number of fused-ring (bicyclic) bond motifs is 1. The number of benzene rings is 2. The molecule has 0 aliphatic heterocycles. The minimum Gasteiger partial charge on any atom is -0.266 e. The van der Waals surface area contributed by atoms with Gasteiger partial charge >= 0.3 is 0 Å². The molecule has 0 amide bonds. The molecule has 0 aliphatic rings. The predicted octanol–water partition coefficient (Wildman–Crippen LogP) is 3.57. The summed E-state index contributed by atoms with van der Waals surface area (Å²) in [6.07, 6.45) is 1.62. The fraction of sp³-hybridized carbons (Fsp3) is 0.190. The van der Waals surface area contributed by atoms with Crippen molar-refractivity contribution in [3.63, 3.8) is 0 Å². The van der Waals surface area contributed by atoms with E-state index in [1.165, 1.54) is 33.5 Å². The molecule has 0 N–H and O–H groups in total. The first kappa shape index (κ1) is 18.9. The van der Waals surface area contributed by atoms with Crippen LogP contribution in [-0.4, -0.2) is 19.5 Å². The molecule has 146 valence electrons. The predicted molar refractivity (Wildman–Crippen MR) is 113 cm³/mol. The highest BCUT2D eigenvalue weighted by Gasteiger charge is 2.15. The van der Waals surface area contributed by atoms with Gasteiger partial charge in [-0.05, 0) is 22.6 Å². The molecule has 4 rings (SSSR count). The first-order valence-corrected chi connectivity index (χ1v) is 9.81. The number of nitrogens with zero attached hydrogens (tertiary/aromatic N) is 4. The van der Waals surface area contributed by atoms with Gasteiger partial charge in [0.2, 0.25) is 4.96 Å². The standard InChI is InChI=1S/C21H18N4O3S/c1-21(2,3)15-9-7-14(8-10-15)18-22-20-24(23-18)19(26)17(29-20)12-13-5-4-6-16(11-13)25(27)28/h4-12H,1-3H3/b17-12-. The third kappa shape index (κ3) is 3.66. The van der Waals surface area contributed by atoms with Crippen molar-refractivity contribution in [3.05, 3.63) is 84.7 Å². The Morgan fingerprint density at radius 1 is 1.14 bits per heavy atom. The van der Waals surface area contributed by atoms with E-state index in [4.69, 9.17) is 0 Å². The zero-order chi connectivity index (χ0) is 20.8. The first-order valence-electron chi connectivity index (χ1n) is 8.99. The van der Waals surface area contributed by atoms with Crippen LogP contribution >= 0.6 is 11.3 Å². The Kier molecular flexibility index (Phi) is 4.50. The van der Waals surface area contributed by atoms with Crippen LogP contribution in [0.25, 0.3) is 22.4 Å². The van der Waals surface area contributed by atoms with Crippen molar-refractivity contribution in [3.8, 4) is 11.4 Å². The Bertz CT molecular complexity index is 1330. The van der Waals surface area contributed by atoms with E-state index in [9.17, 15) is 14.9 Å². The van der Waals surface area contributed by atoms with E-state index < -0.39 is 4.92 Å². The SMILES string of the molecule is CC(C)(C)c1ccc(-c2nc3s/c(=C\c4cccc([N+](=O)[O-])c4)c(=O)n3n2)cc1. The maximum absolute atomic E-state index is 12.7. The fourth-order valence-electron chi connectivity index (χ4n) is 2.95. The van der Waals surface area contributed by atoms with Crippen LogP contribution in [0.15, 0.2) is 53.3 Å². The van der Waals surface area contributed by atoms with Crippen LogP contribution < -0.4 is 10.1 Å². The molecule has 0 saturated carbocycles. The van der Waals surface area contributed by atoms with E-state index in [0.29, 0.717) is 20.9 Å². The van der Waals surface area contributed by atoms with E-state index in [2.05, 4.69) is 30.9 Å². The maximum atomic E-state index is 12.7. The number of rotatable bonds is 3. The molecule has 0 aliphatic carbocycles. The second kappa shape index (κ2) is 6.89. The van der Waals surface area contributed by atoms with Crippen LogP contribution in [0.1, 0.15) is 31.9 Å². The van der Waals surface area contributed by atoms with Crippen molar-refractivity contribution in [1.29, 1.82) is 0 Å². The fourth-order valence-corrected chi connectivity index (χ4v) is 3.86. The summed E-state index contributed by atoms with van der Waals surface area (Å²) in [5, 5.41) is 15.3. The van der Waals surface area contributed by atoms with Gasteiger partial charge < -0.3 is 0 Å². The van der Waals surface area contributed by atoms with Crippen molar-refractivity contribution in [2.45, 2.75) is 26.2 Å². The number of nitro benzene ring substituents is 1. The topological polar surface area (TPSA) is 90.4 Å². The van der Waals surface area contributed by atoms with Crippen molar-refractivity contribution in [2.75, 3.05) is 0 Å². The molecule has 2 heterocycles. The molecule has 0 unspecified atom stereocenters. The summed E-state index contributed by atoms with van der Waals surface area (Å²) in [7, 11) is 0. The highest BCUT2D eigenvalue weighted by Crippen LogP contribution is 2.25. The van der Waals surface area contributed by atoms with E-state index in [-0.39, 0.29) is 16.7 Å². The Hall–Kier alpha value is -3.39. The van der Waals surface area contributed by atoms with Gasteiger partial charge in [0.05, 0.1) is 9.46 Å². The number of nitro groups is 1. The molecule has 2 aromatic heterocycles. The zero-order valence-electron chi connectivity index (χ0n) is 16.1. The lowest BCUT2D eigenvalue weighted by atomic mass is 9.87. The lowest BCUT2D eigenvalue weighted by molar-refractivity contribution is -0.384. The minimum absolute atomic E-state index is 0.0216. The molecule has 0 atom stereocenters. The van der Waals surface area contributed by atoms with E-state index in [1.807, 2.05) is 24.3 Å². The second-order valence-corrected chi connectivity index (χ2v) is 8.73. The summed E-state index contributed by atoms with van der Waals surface area (Å²) in [5.41, 5.74) is 2.38. The molecule has 7 nitrogen and oxygen atoms in total. The molecule has 0 saturated heterocycles. The third-order valence-corrected chi connectivity index (χ3v) is 5.53. The largest absolute Gasteiger partial charge is 0.291 e. The van der Waals surface area contributed by atoms with Gasteiger partial charge in [0, 0.05) is 17.7 Å². The van der Waals surface area contributed by atoms with E-state index in [0.717, 1.165) is 5.56 Å². The lowest BCUT2D eigenvalue weighted by Crippen LogP contribution is -2.23. The smallest absolute Gasteiger partial charge is 0.266 e. The Balaban J connectivity index is 1.72. The van der Waals surface area contributed by atoms with E-state index >= 15 is 0 Å². The highest BCUT2D eigenvalue weighted by molar-refractivity contribution is 7.15. The Morgan fingerprint density at radius 2 is 1.86 bits per heavy atom. The van der Waals surface area contributed by atoms with Crippen LogP contribution in [0.3, 0.4) is 0 Å². The van der Waals surface area contributed by atoms with Crippen molar-refractivity contribution < 1.29 is 4.92 Å². The number of hydrogen-bond donors (Lipinski definition) is 0. The van der Waals surface area contributed by atoms with Gasteiger partial charge in [-0.25, -0.2) is 0 Å². The van der Waals surface area contributed by atoms with Crippen molar-refractivity contribution in [2.24, 2.45) is 0 Å². The molecule has 0 spiro atoms. The van der Waals surface area contributed by atoms with Gasteiger partial charge in [0.25, 0.3) is 11.2 Å². The summed E-state index contributed by atoms with van der Waals surface area (Å²) in [5.74, 6) is 0.496. The highest BCUT2D eigenvalue weighted by atomic mass is 32.1. The van der Waals surface area contributed by atoms with Crippen molar-refractivity contribution >= 4 is 28.1 Å². The molecule has 0 fully saturated rings. The van der Waals surface area contributed by atoms with Gasteiger partial charge in [-0.2, -0.15) is 9.50 Å². The van der Waals surface area contributed by atoms with Gasteiger partial charge in [-0.1, -0.05) is 68.5 Å². The Labute approximate surface area is 170 Å². The molecule has 29 heavy (non-hydrogen) atoms. The van der Waals surface area contributed by atoms with Crippen LogP contribution in [0.4, 0.5) is 5.69 Å². The number of thiazole rings is 1. The monoisotopic (exact) mass is 406 g/mol. The van der Waals surface area contributed by atoms with Crippen molar-refractivity contribution in [1.82, 2.24) is 14.6 Å². The summed E-state index contributed by atoms with van der Waals surface area (Å²) >= 11 is 1.21. The number of hydrogen-bond acceptors (Lipinski definition) is 6. The second-order valence-electron chi connectivity index (χ2n) is 7.73. The summed E-state index contributed by atoms with van der Waals surface area (Å²) in [6, 6.07) is 14.2. The molecular formula is C21H18N4O3S. The summed E-state index contributed by atoms with van der Waals surface area (Å²) in [4.78, 5) is 28.1. The summed E-state index contributed by atoms with van der Waals surface area (Å²) in [6.45, 7) is 6.45. The Morgan fingerprint density at radius 3 is 2.48 bits per heavy atom. The van der Waals surface area contributed by atoms with Crippen LogP contribution in [0.2, 0.25) is 0 Å². The van der Waals surface area contributed by atoms with Gasteiger partial charge in [-0.3, -0.25) is 14.9 Å². The molecule has 4 aromatic rings. The average molecular weight is 406 g/mol. The minimum atomic E-state index is -0.463. The zero-order valence-corrected chi connectivity index (χ0v) is 16.9. The number of non-ortho nitro benzene ring substituents is 1. The maximum Gasteiger partial charge on any atom is 0.291 e.